The Morgan fingerprint density at radius 2 is 2.05 bits per heavy atom. The first kappa shape index (κ1) is 15.5. The fourth-order valence-electron chi connectivity index (χ4n) is 1.70. The first-order chi connectivity index (χ1) is 9.44. The first-order valence-corrected chi connectivity index (χ1v) is 8.74. The maximum atomic E-state index is 12.2. The van der Waals surface area contributed by atoms with Gasteiger partial charge in [0.15, 0.2) is 0 Å². The van der Waals surface area contributed by atoms with E-state index >= 15 is 0 Å². The monoisotopic (exact) mass is 330 g/mol. The van der Waals surface area contributed by atoms with Gasteiger partial charge in [-0.1, -0.05) is 11.6 Å². The summed E-state index contributed by atoms with van der Waals surface area (Å²) in [4.78, 5) is 0.176. The van der Waals surface area contributed by atoms with Gasteiger partial charge in [0.25, 0.3) is 0 Å². The summed E-state index contributed by atoms with van der Waals surface area (Å²) in [5.74, 6) is 0. The lowest BCUT2D eigenvalue weighted by molar-refractivity contribution is 0.581. The molecule has 0 spiro atoms. The summed E-state index contributed by atoms with van der Waals surface area (Å²) in [6, 6.07) is 4.53. The molecule has 7 heteroatoms. The average Bonchev–Trinajstić information content (AvgIpc) is 2.82. The summed E-state index contributed by atoms with van der Waals surface area (Å²) in [7, 11) is -3.56. The molecule has 1 aromatic carbocycles. The molecular weight excluding hydrogens is 316 g/mol. The number of nitrogens with one attached hydrogen (secondary N) is 1. The lowest BCUT2D eigenvalue weighted by Gasteiger charge is -2.09. The Kier molecular flexibility index (Phi) is 4.82. The number of rotatable bonds is 5. The van der Waals surface area contributed by atoms with Crippen LogP contribution in [0, 0.1) is 6.92 Å². The SMILES string of the molecule is Cc1cscc1CNS(=O)(=O)c1ccc(Cl)c(CN)c1. The molecule has 1 heterocycles. The number of thiophene rings is 1. The van der Waals surface area contributed by atoms with Crippen LogP contribution in [0.15, 0.2) is 33.9 Å². The second-order valence-corrected chi connectivity index (χ2v) is 7.28. The van der Waals surface area contributed by atoms with E-state index in [9.17, 15) is 8.42 Å². The van der Waals surface area contributed by atoms with Gasteiger partial charge in [0.1, 0.15) is 0 Å². The Hall–Kier alpha value is -0.920. The molecule has 0 unspecified atom stereocenters. The number of halogens is 1. The van der Waals surface area contributed by atoms with Crippen LogP contribution in [0.2, 0.25) is 5.02 Å². The van der Waals surface area contributed by atoms with Crippen LogP contribution in [0.25, 0.3) is 0 Å². The zero-order valence-electron chi connectivity index (χ0n) is 10.9. The van der Waals surface area contributed by atoms with Gasteiger partial charge in [-0.25, -0.2) is 13.1 Å². The van der Waals surface area contributed by atoms with E-state index < -0.39 is 10.0 Å². The number of aryl methyl sites for hydroxylation is 1. The van der Waals surface area contributed by atoms with Gasteiger partial charge < -0.3 is 5.73 Å². The van der Waals surface area contributed by atoms with Crippen molar-refractivity contribution in [2.24, 2.45) is 5.73 Å². The molecule has 0 radical (unpaired) electrons. The molecule has 0 amide bonds. The van der Waals surface area contributed by atoms with Crippen LogP contribution in [0.3, 0.4) is 0 Å². The predicted molar refractivity (Wildman–Crippen MR) is 82.4 cm³/mol. The van der Waals surface area contributed by atoms with Gasteiger partial charge >= 0.3 is 0 Å². The molecule has 108 valence electrons. The third-order valence-corrected chi connectivity index (χ3v) is 5.64. The summed E-state index contributed by atoms with van der Waals surface area (Å²) >= 11 is 7.48. The van der Waals surface area contributed by atoms with E-state index in [1.807, 2.05) is 17.7 Å². The van der Waals surface area contributed by atoms with E-state index in [1.54, 1.807) is 17.4 Å². The highest BCUT2D eigenvalue weighted by Gasteiger charge is 2.15. The van der Waals surface area contributed by atoms with Crippen LogP contribution in [0.4, 0.5) is 0 Å². The van der Waals surface area contributed by atoms with Crippen LogP contribution >= 0.6 is 22.9 Å². The summed E-state index contributed by atoms with van der Waals surface area (Å²) < 4.78 is 27.0. The first-order valence-electron chi connectivity index (χ1n) is 5.94. The Bertz CT molecular complexity index is 711. The molecule has 0 aliphatic rings. The number of sulfonamides is 1. The van der Waals surface area contributed by atoms with Crippen molar-refractivity contribution >= 4 is 33.0 Å². The Labute approximate surface area is 127 Å². The number of hydrogen-bond acceptors (Lipinski definition) is 4. The van der Waals surface area contributed by atoms with Crippen LogP contribution in [0.5, 0.6) is 0 Å². The minimum absolute atomic E-state index is 0.176. The summed E-state index contributed by atoms with van der Waals surface area (Å²) in [6.07, 6.45) is 0. The molecule has 0 aliphatic carbocycles. The molecule has 0 aliphatic heterocycles. The Morgan fingerprint density at radius 1 is 1.30 bits per heavy atom. The summed E-state index contributed by atoms with van der Waals surface area (Å²) in [5, 5.41) is 4.39. The van der Waals surface area contributed by atoms with Crippen molar-refractivity contribution in [3.8, 4) is 0 Å². The third-order valence-electron chi connectivity index (χ3n) is 2.96. The lowest BCUT2D eigenvalue weighted by Crippen LogP contribution is -2.23. The van der Waals surface area contributed by atoms with Crippen molar-refractivity contribution in [3.63, 3.8) is 0 Å². The normalized spacial score (nSPS) is 11.8. The van der Waals surface area contributed by atoms with Crippen molar-refractivity contribution < 1.29 is 8.42 Å². The molecule has 0 saturated heterocycles. The quantitative estimate of drug-likeness (QED) is 0.885. The predicted octanol–water partition coefficient (Wildman–Crippen LogP) is 2.65. The smallest absolute Gasteiger partial charge is 0.240 e. The molecule has 20 heavy (non-hydrogen) atoms. The molecule has 2 rings (SSSR count). The van der Waals surface area contributed by atoms with Crippen LogP contribution < -0.4 is 10.5 Å². The molecule has 4 nitrogen and oxygen atoms in total. The summed E-state index contributed by atoms with van der Waals surface area (Å²) in [6.45, 7) is 2.43. The van der Waals surface area contributed by atoms with Crippen LogP contribution in [-0.2, 0) is 23.1 Å². The van der Waals surface area contributed by atoms with Crippen molar-refractivity contribution in [2.45, 2.75) is 24.9 Å². The molecule has 3 N–H and O–H groups in total. The highest BCUT2D eigenvalue weighted by molar-refractivity contribution is 7.89. The number of benzene rings is 1. The molecular formula is C13H15ClN2O2S2. The van der Waals surface area contributed by atoms with E-state index in [1.165, 1.54) is 12.1 Å². The van der Waals surface area contributed by atoms with Gasteiger partial charge in [-0.2, -0.15) is 11.3 Å². The fourth-order valence-corrected chi connectivity index (χ4v) is 3.81. The van der Waals surface area contributed by atoms with Crippen molar-refractivity contribution in [1.82, 2.24) is 4.72 Å². The summed E-state index contributed by atoms with van der Waals surface area (Å²) in [5.41, 5.74) is 8.21. The second-order valence-electron chi connectivity index (χ2n) is 4.36. The van der Waals surface area contributed by atoms with Crippen molar-refractivity contribution in [2.75, 3.05) is 0 Å². The van der Waals surface area contributed by atoms with Gasteiger partial charge in [0.2, 0.25) is 10.0 Å². The highest BCUT2D eigenvalue weighted by atomic mass is 35.5. The van der Waals surface area contributed by atoms with Gasteiger partial charge in [-0.05, 0) is 52.6 Å². The molecule has 0 bridgehead atoms. The van der Waals surface area contributed by atoms with Gasteiger partial charge in [0, 0.05) is 18.1 Å². The zero-order valence-corrected chi connectivity index (χ0v) is 13.3. The van der Waals surface area contributed by atoms with E-state index in [0.29, 0.717) is 10.6 Å². The topological polar surface area (TPSA) is 72.2 Å². The maximum Gasteiger partial charge on any atom is 0.240 e. The molecule has 0 atom stereocenters. The highest BCUT2D eigenvalue weighted by Crippen LogP contribution is 2.20. The van der Waals surface area contributed by atoms with E-state index in [4.69, 9.17) is 17.3 Å². The van der Waals surface area contributed by atoms with Gasteiger partial charge in [-0.3, -0.25) is 0 Å². The van der Waals surface area contributed by atoms with Crippen molar-refractivity contribution in [1.29, 1.82) is 0 Å². The Balaban J connectivity index is 2.20. The third kappa shape index (κ3) is 3.39. The largest absolute Gasteiger partial charge is 0.326 e. The molecule has 2 aromatic rings. The molecule has 0 fully saturated rings. The number of hydrogen-bond donors (Lipinski definition) is 2. The minimum atomic E-state index is -3.56. The second kappa shape index (κ2) is 6.24. The lowest BCUT2D eigenvalue weighted by atomic mass is 10.2. The van der Waals surface area contributed by atoms with Crippen LogP contribution in [-0.4, -0.2) is 8.42 Å². The number of nitrogens with two attached hydrogens (primary N) is 1. The Morgan fingerprint density at radius 3 is 2.65 bits per heavy atom. The van der Waals surface area contributed by atoms with E-state index in [0.717, 1.165) is 11.1 Å². The average molecular weight is 331 g/mol. The van der Waals surface area contributed by atoms with Gasteiger partial charge in [-0.15, -0.1) is 0 Å². The maximum absolute atomic E-state index is 12.2. The molecule has 0 saturated carbocycles. The van der Waals surface area contributed by atoms with Crippen LogP contribution in [0.1, 0.15) is 16.7 Å². The zero-order chi connectivity index (χ0) is 14.8. The fraction of sp³-hybridized carbons (Fsp3) is 0.231. The van der Waals surface area contributed by atoms with Crippen molar-refractivity contribution in [3.05, 3.63) is 50.7 Å². The van der Waals surface area contributed by atoms with E-state index in [-0.39, 0.29) is 18.0 Å². The van der Waals surface area contributed by atoms with Gasteiger partial charge in [0.05, 0.1) is 4.90 Å². The van der Waals surface area contributed by atoms with E-state index in [2.05, 4.69) is 4.72 Å². The minimum Gasteiger partial charge on any atom is -0.326 e. The standard InChI is InChI=1S/C13H15ClN2O2S2/c1-9-7-19-8-11(9)6-16-20(17,18)12-2-3-13(14)10(4-12)5-15/h2-4,7-8,16H,5-6,15H2,1H3. The molecule has 1 aromatic heterocycles.